The van der Waals surface area contributed by atoms with E-state index in [1.54, 1.807) is 0 Å². The van der Waals surface area contributed by atoms with E-state index >= 15 is 0 Å². The zero-order valence-corrected chi connectivity index (χ0v) is 12.0. The molecule has 0 spiro atoms. The van der Waals surface area contributed by atoms with E-state index in [1.165, 1.54) is 64.2 Å². The fraction of sp³-hybridized carbons (Fsp3) is 1.00. The monoisotopic (exact) mass is 250 g/mol. The van der Waals surface area contributed by atoms with Crippen LogP contribution < -0.4 is 5.73 Å². The summed E-state index contributed by atoms with van der Waals surface area (Å²) < 4.78 is 0. The first kappa shape index (κ1) is 12.9. The summed E-state index contributed by atoms with van der Waals surface area (Å²) in [4.78, 5) is 2.77. The van der Waals surface area contributed by atoms with Crippen LogP contribution in [0.25, 0.3) is 0 Å². The molecule has 104 valence electrons. The third-order valence-electron chi connectivity index (χ3n) is 6.48. The van der Waals surface area contributed by atoms with Crippen LogP contribution in [0.4, 0.5) is 0 Å². The van der Waals surface area contributed by atoms with Gasteiger partial charge in [-0.2, -0.15) is 0 Å². The van der Waals surface area contributed by atoms with Crippen molar-refractivity contribution in [1.29, 1.82) is 0 Å². The van der Waals surface area contributed by atoms with Crippen molar-refractivity contribution in [2.24, 2.45) is 17.6 Å². The van der Waals surface area contributed by atoms with Gasteiger partial charge in [-0.3, -0.25) is 4.90 Å². The number of rotatable bonds is 5. The molecule has 3 aliphatic rings. The number of nitrogens with zero attached hydrogens (tertiary/aromatic N) is 1. The van der Waals surface area contributed by atoms with Gasteiger partial charge >= 0.3 is 0 Å². The lowest BCUT2D eigenvalue weighted by molar-refractivity contribution is -0.0733. The van der Waals surface area contributed by atoms with Crippen LogP contribution >= 0.6 is 0 Å². The minimum atomic E-state index is 0.367. The van der Waals surface area contributed by atoms with Crippen molar-refractivity contribution in [2.45, 2.75) is 75.8 Å². The summed E-state index contributed by atoms with van der Waals surface area (Å²) in [5.74, 6) is 1.80. The summed E-state index contributed by atoms with van der Waals surface area (Å²) in [7, 11) is 2.40. The Bertz CT molecular complexity index is 261. The van der Waals surface area contributed by atoms with Crippen molar-refractivity contribution < 1.29 is 0 Å². The molecule has 0 aromatic carbocycles. The lowest BCUT2D eigenvalue weighted by atomic mass is 9.58. The topological polar surface area (TPSA) is 29.3 Å². The number of likely N-dealkylation sites (N-methyl/N-ethyl adjacent to an activating group) is 1. The smallest absolute Gasteiger partial charge is 0.0387 e. The molecule has 0 unspecified atom stereocenters. The van der Waals surface area contributed by atoms with Gasteiger partial charge in [0.2, 0.25) is 0 Å². The molecule has 0 saturated heterocycles. The molecule has 2 nitrogen and oxygen atoms in total. The van der Waals surface area contributed by atoms with Crippen molar-refractivity contribution in [3.63, 3.8) is 0 Å². The highest BCUT2D eigenvalue weighted by Crippen LogP contribution is 2.51. The van der Waals surface area contributed by atoms with Crippen LogP contribution in [0, 0.1) is 11.8 Å². The first-order chi connectivity index (χ1) is 8.79. The number of nitrogens with two attached hydrogens (primary N) is 1. The summed E-state index contributed by atoms with van der Waals surface area (Å²) in [6, 6.07) is 0.828. The minimum absolute atomic E-state index is 0.367. The SMILES string of the molecule is CN(C1CCCC1)C(CN)(C1CCC1)C1CCC1. The van der Waals surface area contributed by atoms with Gasteiger partial charge in [0, 0.05) is 18.1 Å². The Kier molecular flexibility index (Phi) is 3.68. The molecule has 0 heterocycles. The van der Waals surface area contributed by atoms with Gasteiger partial charge in [-0.25, -0.2) is 0 Å². The van der Waals surface area contributed by atoms with Crippen LogP contribution in [0.2, 0.25) is 0 Å². The summed E-state index contributed by atoms with van der Waals surface area (Å²) in [5, 5.41) is 0. The largest absolute Gasteiger partial charge is 0.329 e. The maximum atomic E-state index is 6.36. The third-order valence-corrected chi connectivity index (χ3v) is 6.48. The highest BCUT2D eigenvalue weighted by Gasteiger charge is 2.52. The molecule has 0 radical (unpaired) electrons. The van der Waals surface area contributed by atoms with Crippen LogP contribution in [-0.4, -0.2) is 30.1 Å². The first-order valence-corrected chi connectivity index (χ1v) is 8.22. The Balaban J connectivity index is 1.81. The Hall–Kier alpha value is -0.0800. The van der Waals surface area contributed by atoms with E-state index in [2.05, 4.69) is 11.9 Å². The summed E-state index contributed by atoms with van der Waals surface area (Å²) in [6.45, 7) is 0.898. The lowest BCUT2D eigenvalue weighted by Gasteiger charge is -2.59. The normalized spacial score (nSPS) is 27.5. The minimum Gasteiger partial charge on any atom is -0.329 e. The van der Waals surface area contributed by atoms with Gasteiger partial charge in [0.1, 0.15) is 0 Å². The van der Waals surface area contributed by atoms with Gasteiger partial charge in [-0.05, 0) is 57.4 Å². The van der Waals surface area contributed by atoms with Gasteiger partial charge in [0.25, 0.3) is 0 Å². The Morgan fingerprint density at radius 1 is 0.889 bits per heavy atom. The molecule has 0 bridgehead atoms. The number of hydrogen-bond donors (Lipinski definition) is 1. The van der Waals surface area contributed by atoms with Crippen LogP contribution in [0.3, 0.4) is 0 Å². The van der Waals surface area contributed by atoms with Crippen LogP contribution in [0.15, 0.2) is 0 Å². The standard InChI is InChI=1S/C16H30N2/c1-18(15-10-2-3-11-15)16(12-17,13-6-4-7-13)14-8-5-9-14/h13-15H,2-12,17H2,1H3. The first-order valence-electron chi connectivity index (χ1n) is 8.22. The highest BCUT2D eigenvalue weighted by molar-refractivity contribution is 5.07. The van der Waals surface area contributed by atoms with E-state index in [1.807, 2.05) is 0 Å². The fourth-order valence-electron chi connectivity index (χ4n) is 4.83. The zero-order valence-electron chi connectivity index (χ0n) is 12.0. The molecule has 0 aliphatic heterocycles. The second kappa shape index (κ2) is 5.13. The molecule has 3 saturated carbocycles. The molecular formula is C16H30N2. The average Bonchev–Trinajstić information content (AvgIpc) is 2.74. The maximum Gasteiger partial charge on any atom is 0.0387 e. The lowest BCUT2D eigenvalue weighted by Crippen LogP contribution is -2.66. The second-order valence-electron chi connectivity index (χ2n) is 7.00. The van der Waals surface area contributed by atoms with Gasteiger partial charge in [-0.15, -0.1) is 0 Å². The molecular weight excluding hydrogens is 220 g/mol. The van der Waals surface area contributed by atoms with Crippen molar-refractivity contribution in [2.75, 3.05) is 13.6 Å². The van der Waals surface area contributed by atoms with Crippen LogP contribution in [0.1, 0.15) is 64.2 Å². The van der Waals surface area contributed by atoms with E-state index in [-0.39, 0.29) is 0 Å². The van der Waals surface area contributed by atoms with Crippen LogP contribution in [-0.2, 0) is 0 Å². The molecule has 2 N–H and O–H groups in total. The molecule has 0 aromatic rings. The average molecular weight is 250 g/mol. The van der Waals surface area contributed by atoms with E-state index in [9.17, 15) is 0 Å². The van der Waals surface area contributed by atoms with Crippen molar-refractivity contribution >= 4 is 0 Å². The molecule has 2 heteroatoms. The second-order valence-corrected chi connectivity index (χ2v) is 7.00. The Labute approximate surface area is 112 Å². The van der Waals surface area contributed by atoms with Crippen molar-refractivity contribution in [3.05, 3.63) is 0 Å². The predicted octanol–water partition coefficient (Wildman–Crippen LogP) is 3.16. The van der Waals surface area contributed by atoms with E-state index in [0.29, 0.717) is 5.54 Å². The molecule has 3 rings (SSSR count). The van der Waals surface area contributed by atoms with Crippen molar-refractivity contribution in [1.82, 2.24) is 4.90 Å². The molecule has 0 amide bonds. The fourth-order valence-corrected chi connectivity index (χ4v) is 4.83. The van der Waals surface area contributed by atoms with Gasteiger partial charge in [0.05, 0.1) is 0 Å². The van der Waals surface area contributed by atoms with Gasteiger partial charge < -0.3 is 5.73 Å². The molecule has 3 fully saturated rings. The number of hydrogen-bond acceptors (Lipinski definition) is 2. The molecule has 18 heavy (non-hydrogen) atoms. The molecule has 3 aliphatic carbocycles. The zero-order chi connectivity index (χ0) is 12.6. The molecule has 0 aromatic heterocycles. The quantitative estimate of drug-likeness (QED) is 0.812. The maximum absolute atomic E-state index is 6.36. The Morgan fingerprint density at radius 2 is 1.39 bits per heavy atom. The Morgan fingerprint density at radius 3 is 1.72 bits per heavy atom. The van der Waals surface area contributed by atoms with Crippen LogP contribution in [0.5, 0.6) is 0 Å². The van der Waals surface area contributed by atoms with E-state index in [4.69, 9.17) is 5.73 Å². The highest BCUT2D eigenvalue weighted by atomic mass is 15.2. The summed E-state index contributed by atoms with van der Waals surface area (Å²) >= 11 is 0. The van der Waals surface area contributed by atoms with E-state index < -0.39 is 0 Å². The molecule has 0 atom stereocenters. The summed E-state index contributed by atoms with van der Waals surface area (Å²) in [6.07, 6.45) is 14.3. The van der Waals surface area contributed by atoms with E-state index in [0.717, 1.165) is 24.4 Å². The third kappa shape index (κ3) is 1.84. The predicted molar refractivity (Wildman–Crippen MR) is 76.5 cm³/mol. The van der Waals surface area contributed by atoms with Gasteiger partial charge in [-0.1, -0.05) is 25.7 Å². The van der Waals surface area contributed by atoms with Gasteiger partial charge in [0.15, 0.2) is 0 Å². The summed E-state index contributed by atoms with van der Waals surface area (Å²) in [5.41, 5.74) is 6.72. The van der Waals surface area contributed by atoms with Crippen molar-refractivity contribution in [3.8, 4) is 0 Å².